The summed E-state index contributed by atoms with van der Waals surface area (Å²) in [5.41, 5.74) is 0.518. The Morgan fingerprint density at radius 1 is 1.04 bits per heavy atom. The van der Waals surface area contributed by atoms with Crippen molar-refractivity contribution in [3.63, 3.8) is 0 Å². The standard InChI is InChI=1S/C22H33N3O3/c1-28-20-9-7-18(8-10-20)22(27)23-15-21(26)24-19-11-13-25(14-12-19)16-17-5-3-2-4-6-17/h7-10,17,19H,2-6,11-16H2,1H3,(H,23,27)(H,24,26). The Kier molecular flexibility index (Phi) is 7.71. The molecule has 0 unspecified atom stereocenters. The number of nitrogens with zero attached hydrogens (tertiary/aromatic N) is 1. The number of benzene rings is 1. The van der Waals surface area contributed by atoms with Crippen LogP contribution in [0.5, 0.6) is 5.75 Å². The van der Waals surface area contributed by atoms with Crippen LogP contribution in [0.1, 0.15) is 55.3 Å². The molecular weight excluding hydrogens is 354 g/mol. The van der Waals surface area contributed by atoms with Gasteiger partial charge < -0.3 is 20.3 Å². The molecule has 0 aromatic heterocycles. The van der Waals surface area contributed by atoms with Gasteiger partial charge in [0.05, 0.1) is 13.7 Å². The summed E-state index contributed by atoms with van der Waals surface area (Å²) in [4.78, 5) is 26.9. The fraction of sp³-hybridized carbons (Fsp3) is 0.636. The molecule has 3 rings (SSSR count). The first-order valence-electron chi connectivity index (χ1n) is 10.6. The van der Waals surface area contributed by atoms with Crippen molar-refractivity contribution in [2.24, 2.45) is 5.92 Å². The first-order valence-corrected chi connectivity index (χ1v) is 10.6. The van der Waals surface area contributed by atoms with Crippen LogP contribution in [0.4, 0.5) is 0 Å². The van der Waals surface area contributed by atoms with Crippen LogP contribution in [-0.2, 0) is 4.79 Å². The fourth-order valence-electron chi connectivity index (χ4n) is 4.28. The van der Waals surface area contributed by atoms with E-state index in [1.54, 1.807) is 31.4 Å². The van der Waals surface area contributed by atoms with Crippen molar-refractivity contribution in [1.82, 2.24) is 15.5 Å². The van der Waals surface area contributed by atoms with Crippen LogP contribution >= 0.6 is 0 Å². The second kappa shape index (κ2) is 10.5. The van der Waals surface area contributed by atoms with E-state index in [0.29, 0.717) is 11.3 Å². The molecule has 1 aromatic carbocycles. The van der Waals surface area contributed by atoms with E-state index in [2.05, 4.69) is 15.5 Å². The maximum absolute atomic E-state index is 12.2. The Morgan fingerprint density at radius 2 is 1.71 bits per heavy atom. The molecule has 2 aliphatic rings. The molecule has 2 N–H and O–H groups in total. The lowest BCUT2D eigenvalue weighted by atomic mass is 9.88. The quantitative estimate of drug-likeness (QED) is 0.754. The van der Waals surface area contributed by atoms with Gasteiger partial charge in [-0.3, -0.25) is 9.59 Å². The van der Waals surface area contributed by atoms with Crippen LogP contribution in [-0.4, -0.2) is 56.0 Å². The lowest BCUT2D eigenvalue weighted by Crippen LogP contribution is -2.48. The van der Waals surface area contributed by atoms with E-state index in [-0.39, 0.29) is 24.4 Å². The Labute approximate surface area is 168 Å². The minimum atomic E-state index is -0.250. The minimum absolute atomic E-state index is 0.00709. The molecule has 0 radical (unpaired) electrons. The number of methoxy groups -OCH3 is 1. The highest BCUT2D eigenvalue weighted by atomic mass is 16.5. The predicted octanol–water partition coefficient (Wildman–Crippen LogP) is 2.59. The lowest BCUT2D eigenvalue weighted by Gasteiger charge is -2.35. The zero-order valence-corrected chi connectivity index (χ0v) is 16.9. The van der Waals surface area contributed by atoms with Crippen molar-refractivity contribution >= 4 is 11.8 Å². The molecule has 1 saturated heterocycles. The molecule has 1 aromatic rings. The summed E-state index contributed by atoms with van der Waals surface area (Å²) >= 11 is 0. The lowest BCUT2D eigenvalue weighted by molar-refractivity contribution is -0.121. The molecule has 0 spiro atoms. The largest absolute Gasteiger partial charge is 0.497 e. The number of nitrogens with one attached hydrogen (secondary N) is 2. The molecule has 28 heavy (non-hydrogen) atoms. The number of carbonyl (C=O) groups is 2. The molecule has 6 nitrogen and oxygen atoms in total. The number of hydrogen-bond acceptors (Lipinski definition) is 4. The van der Waals surface area contributed by atoms with Gasteiger partial charge in [-0.2, -0.15) is 0 Å². The van der Waals surface area contributed by atoms with Gasteiger partial charge in [0.2, 0.25) is 5.91 Å². The van der Waals surface area contributed by atoms with Crippen molar-refractivity contribution in [2.75, 3.05) is 33.3 Å². The van der Waals surface area contributed by atoms with Gasteiger partial charge in [-0.25, -0.2) is 0 Å². The number of rotatable bonds is 7. The van der Waals surface area contributed by atoms with E-state index in [9.17, 15) is 9.59 Å². The predicted molar refractivity (Wildman–Crippen MR) is 110 cm³/mol. The van der Waals surface area contributed by atoms with Crippen LogP contribution in [0, 0.1) is 5.92 Å². The van der Waals surface area contributed by atoms with Gasteiger partial charge in [-0.15, -0.1) is 0 Å². The minimum Gasteiger partial charge on any atom is -0.497 e. The van der Waals surface area contributed by atoms with Crippen LogP contribution in [0.3, 0.4) is 0 Å². The SMILES string of the molecule is COc1ccc(C(=O)NCC(=O)NC2CCN(CC3CCCCC3)CC2)cc1. The summed E-state index contributed by atoms with van der Waals surface area (Å²) in [6.45, 7) is 3.34. The molecule has 1 aliphatic carbocycles. The highest BCUT2D eigenvalue weighted by molar-refractivity contribution is 5.96. The smallest absolute Gasteiger partial charge is 0.251 e. The third-order valence-corrected chi connectivity index (χ3v) is 5.96. The normalized spacial score (nSPS) is 19.2. The topological polar surface area (TPSA) is 70.7 Å². The second-order valence-electron chi connectivity index (χ2n) is 8.06. The summed E-state index contributed by atoms with van der Waals surface area (Å²) in [6, 6.07) is 7.06. The van der Waals surface area contributed by atoms with E-state index in [1.165, 1.54) is 38.6 Å². The van der Waals surface area contributed by atoms with E-state index >= 15 is 0 Å². The molecule has 1 heterocycles. The van der Waals surface area contributed by atoms with Crippen LogP contribution in [0.25, 0.3) is 0 Å². The zero-order chi connectivity index (χ0) is 19.8. The molecule has 1 saturated carbocycles. The molecular formula is C22H33N3O3. The second-order valence-corrected chi connectivity index (χ2v) is 8.06. The molecule has 154 valence electrons. The summed E-state index contributed by atoms with van der Waals surface area (Å²) in [6.07, 6.45) is 8.92. The van der Waals surface area contributed by atoms with Crippen LogP contribution in [0.15, 0.2) is 24.3 Å². The van der Waals surface area contributed by atoms with Gasteiger partial charge >= 0.3 is 0 Å². The average molecular weight is 388 g/mol. The monoisotopic (exact) mass is 387 g/mol. The van der Waals surface area contributed by atoms with Gasteiger partial charge in [0.25, 0.3) is 5.91 Å². The van der Waals surface area contributed by atoms with E-state index in [1.807, 2.05) is 0 Å². The third kappa shape index (κ3) is 6.23. The number of carbonyl (C=O) groups excluding carboxylic acids is 2. The van der Waals surface area contributed by atoms with Crippen molar-refractivity contribution in [3.8, 4) is 5.75 Å². The summed E-state index contributed by atoms with van der Waals surface area (Å²) in [5.74, 6) is 1.20. The van der Waals surface area contributed by atoms with E-state index in [0.717, 1.165) is 31.8 Å². The summed E-state index contributed by atoms with van der Waals surface area (Å²) in [5, 5.41) is 5.75. The highest BCUT2D eigenvalue weighted by Gasteiger charge is 2.23. The van der Waals surface area contributed by atoms with Gasteiger partial charge in [-0.05, 0) is 55.9 Å². The first kappa shape index (κ1) is 20.6. The van der Waals surface area contributed by atoms with Crippen molar-refractivity contribution < 1.29 is 14.3 Å². The highest BCUT2D eigenvalue weighted by Crippen LogP contribution is 2.25. The zero-order valence-electron chi connectivity index (χ0n) is 16.9. The third-order valence-electron chi connectivity index (χ3n) is 5.96. The number of amides is 2. The maximum atomic E-state index is 12.2. The first-order chi connectivity index (χ1) is 13.6. The molecule has 0 bridgehead atoms. The van der Waals surface area contributed by atoms with Gasteiger partial charge in [-0.1, -0.05) is 19.3 Å². The fourth-order valence-corrected chi connectivity index (χ4v) is 4.28. The molecule has 2 fully saturated rings. The maximum Gasteiger partial charge on any atom is 0.251 e. The van der Waals surface area contributed by atoms with Crippen LogP contribution in [0.2, 0.25) is 0 Å². The molecule has 1 aliphatic heterocycles. The van der Waals surface area contributed by atoms with Crippen LogP contribution < -0.4 is 15.4 Å². The average Bonchev–Trinajstić information content (AvgIpc) is 2.74. The van der Waals surface area contributed by atoms with Crippen molar-refractivity contribution in [2.45, 2.75) is 51.0 Å². The Morgan fingerprint density at radius 3 is 2.36 bits per heavy atom. The van der Waals surface area contributed by atoms with Gasteiger partial charge in [0.1, 0.15) is 5.75 Å². The molecule has 6 heteroatoms. The Hall–Kier alpha value is -2.08. The van der Waals surface area contributed by atoms with E-state index < -0.39 is 0 Å². The number of hydrogen-bond donors (Lipinski definition) is 2. The molecule has 2 amide bonds. The Bertz CT molecular complexity index is 633. The van der Waals surface area contributed by atoms with E-state index in [4.69, 9.17) is 4.74 Å². The molecule has 0 atom stereocenters. The van der Waals surface area contributed by atoms with Crippen molar-refractivity contribution in [3.05, 3.63) is 29.8 Å². The number of piperidine rings is 1. The summed E-state index contributed by atoms with van der Waals surface area (Å²) in [7, 11) is 1.58. The number of likely N-dealkylation sites (tertiary alicyclic amines) is 1. The Balaban J connectivity index is 1.33. The summed E-state index contributed by atoms with van der Waals surface area (Å²) < 4.78 is 5.08. The van der Waals surface area contributed by atoms with Gasteiger partial charge in [0, 0.05) is 31.2 Å². The number of ether oxygens (including phenoxy) is 1. The van der Waals surface area contributed by atoms with Gasteiger partial charge in [0.15, 0.2) is 0 Å². The van der Waals surface area contributed by atoms with Crippen molar-refractivity contribution in [1.29, 1.82) is 0 Å².